The van der Waals surface area contributed by atoms with E-state index in [4.69, 9.17) is 0 Å². The number of aliphatic carboxylic acids is 1. The summed E-state index contributed by atoms with van der Waals surface area (Å²) in [6, 6.07) is 7.90. The topological polar surface area (TPSA) is 66.0 Å². The Morgan fingerprint density at radius 3 is 2.83 bits per heavy atom. The van der Waals surface area contributed by atoms with Crippen LogP contribution in [0.4, 0.5) is 0 Å². The van der Waals surface area contributed by atoms with Gasteiger partial charge in [0, 0.05) is 21.4 Å². The molecule has 0 aliphatic rings. The highest BCUT2D eigenvalue weighted by Gasteiger charge is 2.28. The Kier molecular flexibility index (Phi) is 4.00. The summed E-state index contributed by atoms with van der Waals surface area (Å²) in [4.78, 5) is 18.2. The molecule has 18 heavy (non-hydrogen) atoms. The summed E-state index contributed by atoms with van der Waals surface area (Å²) in [5.41, 5.74) is 1.65. The normalized spacial score (nSPS) is 14.1. The highest BCUT2D eigenvalue weighted by molar-refractivity contribution is 14.1. The maximum Gasteiger partial charge on any atom is 0.313 e. The van der Waals surface area contributed by atoms with Crippen molar-refractivity contribution >= 4 is 28.6 Å². The fourth-order valence-corrected chi connectivity index (χ4v) is 2.60. The van der Waals surface area contributed by atoms with Crippen molar-refractivity contribution in [2.75, 3.05) is 0 Å². The standard InChI is InChI=1S/C13H13IN2O2/c1-8(9-3-2-4-10(14)5-9)12(13(17)18)11-6-15-7-16-11/h2-8,12H,1H3,(H,15,16)(H,17,18). The van der Waals surface area contributed by atoms with Crippen LogP contribution < -0.4 is 0 Å². The lowest BCUT2D eigenvalue weighted by atomic mass is 9.86. The maximum atomic E-state index is 11.4. The molecular weight excluding hydrogens is 343 g/mol. The van der Waals surface area contributed by atoms with Crippen LogP contribution in [-0.2, 0) is 4.79 Å². The third-order valence-corrected chi connectivity index (χ3v) is 3.67. The molecule has 2 N–H and O–H groups in total. The van der Waals surface area contributed by atoms with Gasteiger partial charge in [-0.2, -0.15) is 0 Å². The van der Waals surface area contributed by atoms with Gasteiger partial charge in [-0.1, -0.05) is 19.1 Å². The van der Waals surface area contributed by atoms with Crippen molar-refractivity contribution in [3.8, 4) is 0 Å². The Morgan fingerprint density at radius 2 is 2.28 bits per heavy atom. The number of imidazole rings is 1. The molecule has 0 aliphatic heterocycles. The average molecular weight is 356 g/mol. The number of hydrogen-bond donors (Lipinski definition) is 2. The Bertz CT molecular complexity index is 540. The molecule has 2 aromatic rings. The quantitative estimate of drug-likeness (QED) is 0.828. The molecule has 1 aromatic carbocycles. The van der Waals surface area contributed by atoms with E-state index in [0.717, 1.165) is 9.13 Å². The monoisotopic (exact) mass is 356 g/mol. The van der Waals surface area contributed by atoms with Crippen LogP contribution in [-0.4, -0.2) is 21.0 Å². The van der Waals surface area contributed by atoms with Crippen molar-refractivity contribution in [3.63, 3.8) is 0 Å². The molecule has 1 heterocycles. The highest BCUT2D eigenvalue weighted by atomic mass is 127. The first kappa shape index (κ1) is 13.1. The number of aromatic nitrogens is 2. The molecule has 4 nitrogen and oxygen atoms in total. The Morgan fingerprint density at radius 1 is 1.50 bits per heavy atom. The number of rotatable bonds is 4. The number of nitrogens with one attached hydrogen (secondary N) is 1. The van der Waals surface area contributed by atoms with Crippen LogP contribution in [0, 0.1) is 3.57 Å². The van der Waals surface area contributed by atoms with Crippen molar-refractivity contribution < 1.29 is 9.90 Å². The Balaban J connectivity index is 2.35. The average Bonchev–Trinajstić information content (AvgIpc) is 2.82. The minimum absolute atomic E-state index is 0.113. The van der Waals surface area contributed by atoms with Gasteiger partial charge in [-0.05, 0) is 40.3 Å². The molecule has 94 valence electrons. The van der Waals surface area contributed by atoms with Gasteiger partial charge in [-0.15, -0.1) is 0 Å². The van der Waals surface area contributed by atoms with E-state index < -0.39 is 11.9 Å². The van der Waals surface area contributed by atoms with E-state index >= 15 is 0 Å². The summed E-state index contributed by atoms with van der Waals surface area (Å²) in [7, 11) is 0. The molecule has 0 aliphatic carbocycles. The van der Waals surface area contributed by atoms with Gasteiger partial charge in [0.2, 0.25) is 0 Å². The van der Waals surface area contributed by atoms with Crippen LogP contribution in [0.2, 0.25) is 0 Å². The summed E-state index contributed by atoms with van der Waals surface area (Å²) >= 11 is 2.23. The van der Waals surface area contributed by atoms with Gasteiger partial charge in [-0.25, -0.2) is 4.98 Å². The zero-order chi connectivity index (χ0) is 13.1. The fourth-order valence-electron chi connectivity index (χ4n) is 2.04. The first-order valence-corrected chi connectivity index (χ1v) is 6.64. The van der Waals surface area contributed by atoms with Gasteiger partial charge in [0.25, 0.3) is 0 Å². The second-order valence-corrected chi connectivity index (χ2v) is 5.41. The van der Waals surface area contributed by atoms with Gasteiger partial charge in [0.05, 0.1) is 6.33 Å². The summed E-state index contributed by atoms with van der Waals surface area (Å²) < 4.78 is 1.10. The summed E-state index contributed by atoms with van der Waals surface area (Å²) in [5, 5.41) is 9.40. The van der Waals surface area contributed by atoms with Gasteiger partial charge in [0.1, 0.15) is 5.92 Å². The molecule has 2 atom stereocenters. The van der Waals surface area contributed by atoms with E-state index in [9.17, 15) is 9.90 Å². The number of aromatic amines is 1. The molecule has 2 rings (SSSR count). The number of H-pyrrole nitrogens is 1. The van der Waals surface area contributed by atoms with E-state index in [1.807, 2.05) is 31.2 Å². The number of carboxylic acid groups (broad SMARTS) is 1. The molecule has 1 aromatic heterocycles. The van der Waals surface area contributed by atoms with Crippen molar-refractivity contribution in [1.82, 2.24) is 9.97 Å². The molecule has 0 radical (unpaired) electrons. The molecule has 2 unspecified atom stereocenters. The predicted molar refractivity (Wildman–Crippen MR) is 76.5 cm³/mol. The molecule has 0 bridgehead atoms. The molecular formula is C13H13IN2O2. The van der Waals surface area contributed by atoms with E-state index in [1.165, 1.54) is 6.33 Å². The van der Waals surface area contributed by atoms with Gasteiger partial charge < -0.3 is 10.1 Å². The third-order valence-electron chi connectivity index (χ3n) is 2.99. The largest absolute Gasteiger partial charge is 0.481 e. The number of benzene rings is 1. The van der Waals surface area contributed by atoms with E-state index in [1.54, 1.807) is 6.20 Å². The van der Waals surface area contributed by atoms with Crippen molar-refractivity contribution in [2.24, 2.45) is 0 Å². The van der Waals surface area contributed by atoms with Crippen molar-refractivity contribution in [1.29, 1.82) is 0 Å². The second kappa shape index (κ2) is 5.51. The van der Waals surface area contributed by atoms with Crippen LogP contribution in [0.1, 0.15) is 30.0 Å². The predicted octanol–water partition coefficient (Wildman–Crippen LogP) is 2.99. The summed E-state index contributed by atoms with van der Waals surface area (Å²) in [5.74, 6) is -1.56. The number of carboxylic acids is 1. The summed E-state index contributed by atoms with van der Waals surface area (Å²) in [6.45, 7) is 1.92. The first-order chi connectivity index (χ1) is 8.59. The zero-order valence-corrected chi connectivity index (χ0v) is 12.0. The van der Waals surface area contributed by atoms with E-state index in [0.29, 0.717) is 5.69 Å². The van der Waals surface area contributed by atoms with Crippen LogP contribution in [0.5, 0.6) is 0 Å². The van der Waals surface area contributed by atoms with Crippen molar-refractivity contribution in [3.05, 3.63) is 51.6 Å². The number of halogens is 1. The summed E-state index contributed by atoms with van der Waals surface area (Å²) in [6.07, 6.45) is 3.08. The smallest absolute Gasteiger partial charge is 0.313 e. The van der Waals surface area contributed by atoms with Gasteiger partial charge in [0.15, 0.2) is 0 Å². The zero-order valence-electron chi connectivity index (χ0n) is 9.80. The maximum absolute atomic E-state index is 11.4. The molecule has 0 fully saturated rings. The first-order valence-electron chi connectivity index (χ1n) is 5.56. The Hall–Kier alpha value is -1.37. The molecule has 5 heteroatoms. The number of nitrogens with zero attached hydrogens (tertiary/aromatic N) is 1. The van der Waals surface area contributed by atoms with Crippen LogP contribution >= 0.6 is 22.6 Å². The van der Waals surface area contributed by atoms with Gasteiger partial charge in [-0.3, -0.25) is 4.79 Å². The number of hydrogen-bond acceptors (Lipinski definition) is 2. The lowest BCUT2D eigenvalue weighted by Gasteiger charge is -2.19. The lowest BCUT2D eigenvalue weighted by molar-refractivity contribution is -0.139. The van der Waals surface area contributed by atoms with Crippen molar-refractivity contribution in [2.45, 2.75) is 18.8 Å². The van der Waals surface area contributed by atoms with E-state index in [2.05, 4.69) is 32.6 Å². The van der Waals surface area contributed by atoms with E-state index in [-0.39, 0.29) is 5.92 Å². The Labute approximate surface area is 119 Å². The van der Waals surface area contributed by atoms with Gasteiger partial charge >= 0.3 is 5.97 Å². The van der Waals surface area contributed by atoms with Crippen LogP contribution in [0.15, 0.2) is 36.8 Å². The molecule has 0 amide bonds. The lowest BCUT2D eigenvalue weighted by Crippen LogP contribution is -2.18. The minimum atomic E-state index is -0.842. The molecule has 0 spiro atoms. The highest BCUT2D eigenvalue weighted by Crippen LogP contribution is 2.32. The minimum Gasteiger partial charge on any atom is -0.481 e. The van der Waals surface area contributed by atoms with Crippen LogP contribution in [0.3, 0.4) is 0 Å². The molecule has 0 saturated carbocycles. The number of carbonyl (C=O) groups is 1. The molecule has 0 saturated heterocycles. The fraction of sp³-hybridized carbons (Fsp3) is 0.231. The SMILES string of the molecule is CC(c1cccc(I)c1)C(C(=O)O)c1cnc[nH]1. The van der Waals surface area contributed by atoms with Crippen LogP contribution in [0.25, 0.3) is 0 Å². The third kappa shape index (κ3) is 2.72. The second-order valence-electron chi connectivity index (χ2n) is 4.17.